The number of nitrogens with two attached hydrogens (primary N) is 1. The van der Waals surface area contributed by atoms with Crippen molar-refractivity contribution in [3.63, 3.8) is 0 Å². The minimum Gasteiger partial charge on any atom is -0.485 e. The van der Waals surface area contributed by atoms with E-state index in [1.807, 2.05) is 0 Å². The molecule has 0 bridgehead atoms. The molecule has 3 aromatic rings. The maximum atomic E-state index is 13.2. The highest BCUT2D eigenvalue weighted by atomic mass is 32.2. The number of nitrogens with zero attached hydrogens (tertiary/aromatic N) is 1. The van der Waals surface area contributed by atoms with Gasteiger partial charge in [-0.3, -0.25) is 0 Å². The molecule has 1 heterocycles. The van der Waals surface area contributed by atoms with Gasteiger partial charge in [-0.15, -0.1) is 0 Å². The van der Waals surface area contributed by atoms with Crippen LogP contribution in [-0.2, 0) is 23.8 Å². The van der Waals surface area contributed by atoms with Gasteiger partial charge in [-0.1, -0.05) is 30.3 Å². The summed E-state index contributed by atoms with van der Waals surface area (Å²) in [6.07, 6.45) is -3.08. The first-order valence-corrected chi connectivity index (χ1v) is 9.27. The molecule has 0 saturated heterocycles. The Morgan fingerprint density at radius 2 is 1.75 bits per heavy atom. The van der Waals surface area contributed by atoms with Crippen molar-refractivity contribution in [1.82, 2.24) is 4.98 Å². The molecule has 1 unspecified atom stereocenters. The summed E-state index contributed by atoms with van der Waals surface area (Å²) in [5.74, 6) is 0.594. The molecule has 0 aliphatic heterocycles. The van der Waals surface area contributed by atoms with Crippen LogP contribution in [0.5, 0.6) is 5.75 Å². The lowest BCUT2D eigenvalue weighted by Crippen LogP contribution is -2.14. The van der Waals surface area contributed by atoms with E-state index >= 15 is 0 Å². The van der Waals surface area contributed by atoms with Crippen LogP contribution in [0.3, 0.4) is 0 Å². The van der Waals surface area contributed by atoms with E-state index in [0.29, 0.717) is 17.0 Å². The first-order valence-electron chi connectivity index (χ1n) is 8.12. The molecule has 0 saturated carbocycles. The number of hydrogen-bond acceptors (Lipinski definition) is 4. The van der Waals surface area contributed by atoms with Crippen LogP contribution in [0.1, 0.15) is 11.1 Å². The molecule has 1 atom stereocenters. The number of nitrogen functional groups attached to an aromatic ring is 1. The smallest absolute Gasteiger partial charge is 0.417 e. The van der Waals surface area contributed by atoms with Crippen LogP contribution in [0.15, 0.2) is 71.8 Å². The average Bonchev–Trinajstić information content (AvgIpc) is 2.67. The van der Waals surface area contributed by atoms with Crippen LogP contribution < -0.4 is 15.2 Å². The van der Waals surface area contributed by atoms with Gasteiger partial charge in [-0.05, 0) is 30.3 Å². The third-order valence-corrected chi connectivity index (χ3v) is 4.96. The second-order valence-corrected chi connectivity index (χ2v) is 6.88. The Kier molecular flexibility index (Phi) is 5.84. The van der Waals surface area contributed by atoms with Crippen molar-refractivity contribution in [3.8, 4) is 5.75 Å². The van der Waals surface area contributed by atoms with E-state index in [4.69, 9.17) is 10.5 Å². The summed E-state index contributed by atoms with van der Waals surface area (Å²) in [5.41, 5.74) is 5.77. The van der Waals surface area contributed by atoms with Gasteiger partial charge in [0.1, 0.15) is 6.61 Å². The van der Waals surface area contributed by atoms with Gasteiger partial charge < -0.3 is 15.2 Å². The molecule has 3 rings (SSSR count). The van der Waals surface area contributed by atoms with Crippen molar-refractivity contribution in [2.75, 3.05) is 10.5 Å². The zero-order valence-electron chi connectivity index (χ0n) is 14.4. The predicted molar refractivity (Wildman–Crippen MR) is 101 cm³/mol. The lowest BCUT2D eigenvalue weighted by molar-refractivity contribution is -0.139. The Morgan fingerprint density at radius 1 is 1.04 bits per heavy atom. The molecule has 0 radical (unpaired) electrons. The maximum absolute atomic E-state index is 13.2. The van der Waals surface area contributed by atoms with E-state index in [1.165, 1.54) is 24.4 Å². The zero-order chi connectivity index (χ0) is 20.1. The predicted octanol–water partition coefficient (Wildman–Crippen LogP) is 4.40. The van der Waals surface area contributed by atoms with Gasteiger partial charge in [-0.25, -0.2) is 9.19 Å². The van der Waals surface area contributed by atoms with Crippen molar-refractivity contribution >= 4 is 22.5 Å². The van der Waals surface area contributed by atoms with E-state index in [2.05, 4.69) is 9.71 Å². The zero-order valence-corrected chi connectivity index (χ0v) is 15.3. The molecule has 146 valence electrons. The number of alkyl halides is 3. The van der Waals surface area contributed by atoms with Gasteiger partial charge in [0.05, 0.1) is 16.1 Å². The fraction of sp³-hybridized carbons (Fsp3) is 0.105. The molecule has 2 aromatic carbocycles. The molecular weight excluding hydrogens is 391 g/mol. The summed E-state index contributed by atoms with van der Waals surface area (Å²) in [7, 11) is -2.12. The molecule has 1 aromatic heterocycles. The van der Waals surface area contributed by atoms with Crippen LogP contribution in [0.2, 0.25) is 0 Å². The normalized spacial score (nSPS) is 12.4. The third kappa shape index (κ3) is 4.61. The number of rotatable bonds is 6. The Balaban J connectivity index is 1.81. The molecule has 0 aliphatic carbocycles. The molecule has 0 fully saturated rings. The van der Waals surface area contributed by atoms with Crippen LogP contribution in [0.25, 0.3) is 0 Å². The highest BCUT2D eigenvalue weighted by Crippen LogP contribution is 2.34. The number of para-hydroxylation sites is 1. The topological polar surface area (TPSA) is 77.2 Å². The number of aromatic nitrogens is 1. The van der Waals surface area contributed by atoms with E-state index in [1.54, 1.807) is 36.4 Å². The van der Waals surface area contributed by atoms with Crippen LogP contribution in [0.4, 0.5) is 24.7 Å². The first kappa shape index (κ1) is 19.7. The van der Waals surface area contributed by atoms with Crippen molar-refractivity contribution in [1.29, 1.82) is 0 Å². The van der Waals surface area contributed by atoms with E-state index in [0.717, 1.165) is 6.07 Å². The fourth-order valence-electron chi connectivity index (χ4n) is 2.44. The summed E-state index contributed by atoms with van der Waals surface area (Å²) in [5, 5.41) is 0. The molecule has 5 nitrogen and oxygen atoms in total. The van der Waals surface area contributed by atoms with Gasteiger partial charge in [0.15, 0.2) is 22.6 Å². The number of hydrogen-bond donors (Lipinski definition) is 2. The quantitative estimate of drug-likeness (QED) is 0.635. The lowest BCUT2D eigenvalue weighted by Gasteiger charge is -2.15. The van der Waals surface area contributed by atoms with Gasteiger partial charge in [0, 0.05) is 11.8 Å². The molecule has 0 spiro atoms. The summed E-state index contributed by atoms with van der Waals surface area (Å²) < 4.78 is 60.4. The number of ether oxygens (including phenoxy) is 1. The number of halogens is 3. The van der Waals surface area contributed by atoms with Crippen molar-refractivity contribution in [3.05, 3.63) is 78.0 Å². The molecule has 3 N–H and O–H groups in total. The van der Waals surface area contributed by atoms with E-state index in [9.17, 15) is 17.4 Å². The van der Waals surface area contributed by atoms with Crippen molar-refractivity contribution in [2.45, 2.75) is 17.7 Å². The summed E-state index contributed by atoms with van der Waals surface area (Å²) in [4.78, 5) is 3.57. The minimum atomic E-state index is -4.60. The number of benzene rings is 2. The number of pyridine rings is 1. The van der Waals surface area contributed by atoms with Crippen molar-refractivity contribution in [2.24, 2.45) is 0 Å². The second-order valence-electron chi connectivity index (χ2n) is 5.70. The summed E-state index contributed by atoms with van der Waals surface area (Å²) in [6.45, 7) is 0.0667. The standard InChI is InChI=1S/C19H16F3N3O2S/c20-19(21,22)14-7-2-4-10-17(14)28(26)25-15-8-3-1-6-13(15)12-27-16-9-5-11-24-18(16)23/h1-11,25H,12H2,(H2,23,24). The van der Waals surface area contributed by atoms with Crippen LogP contribution >= 0.6 is 0 Å². The fourth-order valence-corrected chi connectivity index (χ4v) is 3.54. The molecule has 0 amide bonds. The molecule has 0 aliphatic rings. The van der Waals surface area contributed by atoms with Gasteiger partial charge in [0.25, 0.3) is 0 Å². The summed E-state index contributed by atoms with van der Waals surface area (Å²) in [6, 6.07) is 14.8. The summed E-state index contributed by atoms with van der Waals surface area (Å²) >= 11 is 0. The molecule has 9 heteroatoms. The highest BCUT2D eigenvalue weighted by Gasteiger charge is 2.34. The maximum Gasteiger partial charge on any atom is 0.417 e. The number of nitrogens with one attached hydrogen (secondary N) is 1. The van der Waals surface area contributed by atoms with Gasteiger partial charge in [0.2, 0.25) is 0 Å². The van der Waals surface area contributed by atoms with Crippen LogP contribution in [0, 0.1) is 0 Å². The van der Waals surface area contributed by atoms with E-state index in [-0.39, 0.29) is 17.3 Å². The van der Waals surface area contributed by atoms with Gasteiger partial charge >= 0.3 is 6.18 Å². The Bertz CT molecular complexity index is 996. The van der Waals surface area contributed by atoms with Gasteiger partial charge in [-0.2, -0.15) is 13.2 Å². The monoisotopic (exact) mass is 407 g/mol. The third-order valence-electron chi connectivity index (χ3n) is 3.80. The largest absolute Gasteiger partial charge is 0.485 e. The SMILES string of the molecule is Nc1ncccc1OCc1ccccc1NS(=O)c1ccccc1C(F)(F)F. The second kappa shape index (κ2) is 8.30. The van der Waals surface area contributed by atoms with Crippen molar-refractivity contribution < 1.29 is 22.1 Å². The molecule has 28 heavy (non-hydrogen) atoms. The highest BCUT2D eigenvalue weighted by molar-refractivity contribution is 7.86. The Morgan fingerprint density at radius 3 is 2.50 bits per heavy atom. The first-order chi connectivity index (χ1) is 13.4. The average molecular weight is 407 g/mol. The van der Waals surface area contributed by atoms with Crippen LogP contribution in [-0.4, -0.2) is 9.19 Å². The Labute approximate surface area is 162 Å². The number of anilines is 2. The lowest BCUT2D eigenvalue weighted by atomic mass is 10.2. The van der Waals surface area contributed by atoms with E-state index < -0.39 is 22.7 Å². The molecular formula is C19H16F3N3O2S. The minimum absolute atomic E-state index is 0.0667. The Hall–Kier alpha value is -3.07.